The van der Waals surface area contributed by atoms with Crippen LogP contribution >= 0.6 is 0 Å². The van der Waals surface area contributed by atoms with Crippen LogP contribution in [0.4, 0.5) is 0 Å². The normalized spacial score (nSPS) is 24.8. The molecule has 5 nitrogen and oxygen atoms in total. The number of hydrogen-bond donors (Lipinski definition) is 1. The number of benzene rings is 1. The van der Waals surface area contributed by atoms with Crippen LogP contribution in [0, 0.1) is 17.3 Å². The molecule has 0 radical (unpaired) electrons. The number of aliphatic imine (C=N–C) groups is 1. The number of nitrogens with zero attached hydrogens (tertiary/aromatic N) is 2. The van der Waals surface area contributed by atoms with Crippen molar-refractivity contribution in [3.63, 3.8) is 0 Å². The first-order valence-electron chi connectivity index (χ1n) is 12.2. The SMILES string of the molecule is CCC1=NC2(CCC(C(C)(C)C)CC2)N(C(CCC(C)C)c2ccc(C(=O)O)cc2)C1=O. The molecule has 1 amide bonds. The summed E-state index contributed by atoms with van der Waals surface area (Å²) < 4.78 is 0. The van der Waals surface area contributed by atoms with Gasteiger partial charge in [0.25, 0.3) is 5.91 Å². The van der Waals surface area contributed by atoms with E-state index < -0.39 is 11.6 Å². The van der Waals surface area contributed by atoms with Crippen LogP contribution in [0.3, 0.4) is 0 Å². The fraction of sp³-hybridized carbons (Fsp3) is 0.667. The fourth-order valence-electron chi connectivity index (χ4n) is 5.43. The summed E-state index contributed by atoms with van der Waals surface area (Å²) in [6.07, 6.45) is 6.44. The maximum atomic E-state index is 13.6. The van der Waals surface area contributed by atoms with Crippen LogP contribution in [0.5, 0.6) is 0 Å². The monoisotopic (exact) mass is 440 g/mol. The Balaban J connectivity index is 1.98. The van der Waals surface area contributed by atoms with E-state index in [9.17, 15) is 14.7 Å². The second-order valence-corrected chi connectivity index (χ2v) is 11.1. The number of carbonyl (C=O) groups excluding carboxylic acids is 1. The number of carbonyl (C=O) groups is 2. The average Bonchev–Trinajstić information content (AvgIpc) is 2.99. The first-order valence-corrected chi connectivity index (χ1v) is 12.2. The molecule has 1 fully saturated rings. The molecule has 32 heavy (non-hydrogen) atoms. The van der Waals surface area contributed by atoms with E-state index in [4.69, 9.17) is 4.99 Å². The van der Waals surface area contributed by atoms with Crippen molar-refractivity contribution in [2.24, 2.45) is 22.2 Å². The van der Waals surface area contributed by atoms with Crippen LogP contribution in [0.2, 0.25) is 0 Å². The summed E-state index contributed by atoms with van der Waals surface area (Å²) in [6, 6.07) is 7.00. The summed E-state index contributed by atoms with van der Waals surface area (Å²) in [5, 5.41) is 9.32. The van der Waals surface area contributed by atoms with Gasteiger partial charge in [-0.2, -0.15) is 0 Å². The molecule has 1 aliphatic heterocycles. The molecule has 1 aromatic rings. The second kappa shape index (κ2) is 9.36. The Kier molecular flexibility index (Phi) is 7.16. The van der Waals surface area contributed by atoms with E-state index in [-0.39, 0.29) is 22.9 Å². The first-order chi connectivity index (χ1) is 15.0. The molecule has 1 heterocycles. The minimum Gasteiger partial charge on any atom is -0.478 e. The van der Waals surface area contributed by atoms with Crippen LogP contribution in [-0.2, 0) is 4.79 Å². The predicted molar refractivity (Wildman–Crippen MR) is 129 cm³/mol. The summed E-state index contributed by atoms with van der Waals surface area (Å²) in [7, 11) is 0. The highest BCUT2D eigenvalue weighted by Crippen LogP contribution is 2.49. The lowest BCUT2D eigenvalue weighted by Gasteiger charge is -2.47. The quantitative estimate of drug-likeness (QED) is 0.527. The summed E-state index contributed by atoms with van der Waals surface area (Å²) >= 11 is 0. The molecule has 3 rings (SSSR count). The topological polar surface area (TPSA) is 70.0 Å². The van der Waals surface area contributed by atoms with E-state index in [0.29, 0.717) is 24.0 Å². The van der Waals surface area contributed by atoms with Crippen molar-refractivity contribution in [1.82, 2.24) is 4.90 Å². The van der Waals surface area contributed by atoms with Crippen molar-refractivity contribution < 1.29 is 14.7 Å². The Hall–Kier alpha value is -2.17. The smallest absolute Gasteiger partial charge is 0.335 e. The van der Waals surface area contributed by atoms with Crippen molar-refractivity contribution in [2.45, 2.75) is 98.2 Å². The lowest BCUT2D eigenvalue weighted by Crippen LogP contribution is -2.51. The van der Waals surface area contributed by atoms with Crippen molar-refractivity contribution >= 4 is 17.6 Å². The molecule has 1 atom stereocenters. The van der Waals surface area contributed by atoms with E-state index in [2.05, 4.69) is 39.5 Å². The highest BCUT2D eigenvalue weighted by atomic mass is 16.4. The standard InChI is InChI=1S/C27H40N2O3/c1-7-22-24(30)29(27(28-22)16-14-21(15-17-27)26(4,5)6)23(13-8-18(2)3)19-9-11-20(12-10-19)25(31)32/h9-12,18,21,23H,7-8,13-17H2,1-6H3,(H,31,32). The highest BCUT2D eigenvalue weighted by molar-refractivity contribution is 6.40. The Morgan fingerprint density at radius 1 is 1.16 bits per heavy atom. The summed E-state index contributed by atoms with van der Waals surface area (Å²) in [5.74, 6) is 0.293. The third-order valence-electron chi connectivity index (χ3n) is 7.47. The third kappa shape index (κ3) is 4.92. The van der Waals surface area contributed by atoms with Crippen LogP contribution in [0.1, 0.15) is 108 Å². The molecule has 1 unspecified atom stereocenters. The van der Waals surface area contributed by atoms with E-state index in [1.54, 1.807) is 12.1 Å². The van der Waals surface area contributed by atoms with Gasteiger partial charge < -0.3 is 10.0 Å². The van der Waals surface area contributed by atoms with Gasteiger partial charge in [0.15, 0.2) is 0 Å². The minimum atomic E-state index is -0.930. The van der Waals surface area contributed by atoms with Crippen LogP contribution in [0.25, 0.3) is 0 Å². The Morgan fingerprint density at radius 3 is 2.22 bits per heavy atom. The number of carboxylic acid groups (broad SMARTS) is 1. The zero-order chi connectivity index (χ0) is 23.7. The third-order valence-corrected chi connectivity index (χ3v) is 7.47. The Bertz CT molecular complexity index is 856. The molecular weight excluding hydrogens is 400 g/mol. The van der Waals surface area contributed by atoms with E-state index in [1.165, 1.54) is 0 Å². The van der Waals surface area contributed by atoms with Gasteiger partial charge in [-0.25, -0.2) is 4.79 Å². The predicted octanol–water partition coefficient (Wildman–Crippen LogP) is 6.49. The van der Waals surface area contributed by atoms with Gasteiger partial charge in [-0.05, 0) is 79.9 Å². The molecule has 176 valence electrons. The summed E-state index contributed by atoms with van der Waals surface area (Å²) in [6.45, 7) is 13.3. The van der Waals surface area contributed by atoms with Gasteiger partial charge in [-0.15, -0.1) is 0 Å². The summed E-state index contributed by atoms with van der Waals surface area (Å²) in [4.78, 5) is 32.2. The molecule has 1 N–H and O–H groups in total. The van der Waals surface area contributed by atoms with Gasteiger partial charge in [-0.1, -0.05) is 53.7 Å². The minimum absolute atomic E-state index is 0.0674. The molecule has 1 aliphatic carbocycles. The maximum absolute atomic E-state index is 13.6. The van der Waals surface area contributed by atoms with Crippen molar-refractivity contribution in [3.8, 4) is 0 Å². The molecule has 0 saturated heterocycles. The zero-order valence-electron chi connectivity index (χ0n) is 20.6. The van der Waals surface area contributed by atoms with Crippen molar-refractivity contribution in [1.29, 1.82) is 0 Å². The van der Waals surface area contributed by atoms with Gasteiger partial charge in [0.1, 0.15) is 11.4 Å². The molecule has 1 spiro atoms. The lowest BCUT2D eigenvalue weighted by atomic mass is 9.69. The maximum Gasteiger partial charge on any atom is 0.335 e. The van der Waals surface area contributed by atoms with Gasteiger partial charge in [-0.3, -0.25) is 9.79 Å². The second-order valence-electron chi connectivity index (χ2n) is 11.1. The number of amides is 1. The van der Waals surface area contributed by atoms with Crippen molar-refractivity contribution in [2.75, 3.05) is 0 Å². The largest absolute Gasteiger partial charge is 0.478 e. The van der Waals surface area contributed by atoms with Gasteiger partial charge in [0.05, 0.1) is 11.6 Å². The molecule has 2 aliphatic rings. The Labute approximate surface area is 193 Å². The number of aromatic carboxylic acids is 1. The summed E-state index contributed by atoms with van der Waals surface area (Å²) in [5.41, 5.74) is 1.77. The van der Waals surface area contributed by atoms with Crippen molar-refractivity contribution in [3.05, 3.63) is 35.4 Å². The van der Waals surface area contributed by atoms with Gasteiger partial charge >= 0.3 is 5.97 Å². The first kappa shape index (κ1) is 24.5. The average molecular weight is 441 g/mol. The molecule has 1 aromatic carbocycles. The molecule has 0 aromatic heterocycles. The van der Waals surface area contributed by atoms with E-state index in [1.807, 2.05) is 19.1 Å². The number of carboxylic acids is 1. The highest BCUT2D eigenvalue weighted by Gasteiger charge is 2.51. The van der Waals surface area contributed by atoms with Crippen LogP contribution < -0.4 is 0 Å². The zero-order valence-corrected chi connectivity index (χ0v) is 20.6. The lowest BCUT2D eigenvalue weighted by molar-refractivity contribution is -0.134. The molecule has 0 bridgehead atoms. The van der Waals surface area contributed by atoms with Gasteiger partial charge in [0, 0.05) is 0 Å². The molecule has 1 saturated carbocycles. The number of hydrogen-bond acceptors (Lipinski definition) is 3. The van der Waals surface area contributed by atoms with Crippen LogP contribution in [0.15, 0.2) is 29.3 Å². The van der Waals surface area contributed by atoms with E-state index >= 15 is 0 Å². The fourth-order valence-corrected chi connectivity index (χ4v) is 5.43. The molecular formula is C27H40N2O3. The molecule has 5 heteroatoms. The van der Waals surface area contributed by atoms with Crippen LogP contribution in [-0.4, -0.2) is 33.3 Å². The Morgan fingerprint density at radius 2 is 1.75 bits per heavy atom. The van der Waals surface area contributed by atoms with Gasteiger partial charge in [0.2, 0.25) is 0 Å². The van der Waals surface area contributed by atoms with E-state index in [0.717, 1.165) is 44.1 Å². The number of rotatable bonds is 7.